The van der Waals surface area contributed by atoms with Gasteiger partial charge in [0, 0.05) is 30.7 Å². The Morgan fingerprint density at radius 3 is 2.90 bits per heavy atom. The smallest absolute Gasteiger partial charge is 0.293 e. The van der Waals surface area contributed by atoms with E-state index < -0.39 is 10.8 Å². The van der Waals surface area contributed by atoms with Crippen LogP contribution >= 0.6 is 0 Å². The van der Waals surface area contributed by atoms with Gasteiger partial charge in [0.2, 0.25) is 5.91 Å². The summed E-state index contributed by atoms with van der Waals surface area (Å²) in [5, 5.41) is 14.1. The van der Waals surface area contributed by atoms with Crippen molar-refractivity contribution >= 4 is 17.3 Å². The number of hydrogen-bond acceptors (Lipinski definition) is 5. The van der Waals surface area contributed by atoms with E-state index in [1.165, 1.54) is 18.2 Å². The largest absolute Gasteiger partial charge is 0.379 e. The topological polar surface area (TPSA) is 107 Å². The molecule has 0 aliphatic carbocycles. The normalized spacial score (nSPS) is 21.6. The van der Waals surface area contributed by atoms with Gasteiger partial charge in [-0.1, -0.05) is 0 Å². The average molecular weight is 279 g/mol. The fraction of sp³-hybridized carbons (Fsp3) is 0.462. The third-order valence-corrected chi connectivity index (χ3v) is 3.57. The Balaban J connectivity index is 2.14. The summed E-state index contributed by atoms with van der Waals surface area (Å²) in [5.74, 6) is -0.358. The van der Waals surface area contributed by atoms with E-state index in [-0.39, 0.29) is 17.4 Å². The number of carbonyl (C=O) groups is 1. The lowest BCUT2D eigenvalue weighted by atomic mass is 10.0. The molecule has 0 bridgehead atoms. The molecule has 1 aliphatic heterocycles. The van der Waals surface area contributed by atoms with Crippen molar-refractivity contribution in [2.75, 3.05) is 18.5 Å². The van der Waals surface area contributed by atoms with Crippen molar-refractivity contribution in [3.63, 3.8) is 0 Å². The Morgan fingerprint density at radius 1 is 1.60 bits per heavy atom. The lowest BCUT2D eigenvalue weighted by molar-refractivity contribution is -0.384. The first-order valence-electron chi connectivity index (χ1n) is 6.42. The number of anilines is 1. The van der Waals surface area contributed by atoms with Crippen molar-refractivity contribution in [1.82, 2.24) is 0 Å². The Kier molecular flexibility index (Phi) is 4.19. The van der Waals surface area contributed by atoms with E-state index in [9.17, 15) is 14.9 Å². The van der Waals surface area contributed by atoms with Gasteiger partial charge in [0.05, 0.1) is 11.0 Å². The molecule has 2 unspecified atom stereocenters. The first-order chi connectivity index (χ1) is 9.49. The molecular formula is C13H17N3O4. The van der Waals surface area contributed by atoms with Gasteiger partial charge < -0.3 is 15.8 Å². The molecule has 0 saturated carbocycles. The molecule has 0 aromatic heterocycles. The monoisotopic (exact) mass is 279 g/mol. The van der Waals surface area contributed by atoms with Crippen molar-refractivity contribution < 1.29 is 14.5 Å². The molecule has 7 heteroatoms. The fourth-order valence-electron chi connectivity index (χ4n) is 2.27. The van der Waals surface area contributed by atoms with E-state index in [2.05, 4.69) is 5.32 Å². The van der Waals surface area contributed by atoms with Crippen LogP contribution < -0.4 is 11.1 Å². The number of nitro groups is 1. The molecule has 1 aromatic carbocycles. The molecule has 2 atom stereocenters. The maximum Gasteiger partial charge on any atom is 0.293 e. The summed E-state index contributed by atoms with van der Waals surface area (Å²) >= 11 is 0. The van der Waals surface area contributed by atoms with Crippen molar-refractivity contribution in [1.29, 1.82) is 0 Å². The first-order valence-corrected chi connectivity index (χ1v) is 6.42. The standard InChI is InChI=1S/C13H17N3O4/c1-8-10(4-5-20-8)7-15-11-3-2-9(13(14)17)6-12(11)16(18)19/h2-3,6,8,10,15H,4-5,7H2,1H3,(H2,14,17). The molecule has 1 heterocycles. The van der Waals surface area contributed by atoms with Crippen LogP contribution in [0.25, 0.3) is 0 Å². The summed E-state index contributed by atoms with van der Waals surface area (Å²) in [6.45, 7) is 3.30. The molecule has 0 radical (unpaired) electrons. The summed E-state index contributed by atoms with van der Waals surface area (Å²) in [4.78, 5) is 21.6. The van der Waals surface area contributed by atoms with E-state index in [0.29, 0.717) is 18.2 Å². The summed E-state index contributed by atoms with van der Waals surface area (Å²) in [6, 6.07) is 4.18. The Morgan fingerprint density at radius 2 is 2.35 bits per heavy atom. The second kappa shape index (κ2) is 5.87. The molecule has 0 spiro atoms. The number of amides is 1. The minimum Gasteiger partial charge on any atom is -0.379 e. The van der Waals surface area contributed by atoms with E-state index in [4.69, 9.17) is 10.5 Å². The number of nitrogens with two attached hydrogens (primary N) is 1. The molecule has 3 N–H and O–H groups in total. The van der Waals surface area contributed by atoms with Gasteiger partial charge in [0.1, 0.15) is 5.69 Å². The van der Waals surface area contributed by atoms with Gasteiger partial charge in [-0.05, 0) is 25.5 Å². The zero-order valence-corrected chi connectivity index (χ0v) is 11.2. The van der Waals surface area contributed by atoms with Gasteiger partial charge >= 0.3 is 0 Å². The summed E-state index contributed by atoms with van der Waals surface area (Å²) < 4.78 is 5.45. The third kappa shape index (κ3) is 3.05. The zero-order valence-electron chi connectivity index (χ0n) is 11.2. The number of hydrogen-bond donors (Lipinski definition) is 2. The molecule has 2 rings (SSSR count). The van der Waals surface area contributed by atoms with Crippen molar-refractivity contribution in [2.24, 2.45) is 11.7 Å². The minimum absolute atomic E-state index is 0.125. The number of benzene rings is 1. The second-order valence-corrected chi connectivity index (χ2v) is 4.86. The summed E-state index contributed by atoms with van der Waals surface area (Å²) in [5.41, 5.74) is 5.49. The van der Waals surface area contributed by atoms with Crippen LogP contribution in [0.2, 0.25) is 0 Å². The van der Waals surface area contributed by atoms with Crippen LogP contribution in [-0.2, 0) is 4.74 Å². The number of nitrogens with one attached hydrogen (secondary N) is 1. The van der Waals surface area contributed by atoms with Crippen molar-refractivity contribution in [2.45, 2.75) is 19.4 Å². The highest BCUT2D eigenvalue weighted by Crippen LogP contribution is 2.27. The maximum atomic E-state index is 11.1. The molecule has 108 valence electrons. The van der Waals surface area contributed by atoms with Crippen LogP contribution in [0.15, 0.2) is 18.2 Å². The van der Waals surface area contributed by atoms with Crippen molar-refractivity contribution in [3.05, 3.63) is 33.9 Å². The maximum absolute atomic E-state index is 11.1. The highest BCUT2D eigenvalue weighted by Gasteiger charge is 2.25. The van der Waals surface area contributed by atoms with Crippen LogP contribution in [0.3, 0.4) is 0 Å². The molecular weight excluding hydrogens is 262 g/mol. The fourth-order valence-corrected chi connectivity index (χ4v) is 2.27. The van der Waals surface area contributed by atoms with Crippen LogP contribution in [0, 0.1) is 16.0 Å². The zero-order chi connectivity index (χ0) is 14.7. The van der Waals surface area contributed by atoms with Crippen molar-refractivity contribution in [3.8, 4) is 0 Å². The minimum atomic E-state index is -0.683. The number of nitrogens with zero attached hydrogens (tertiary/aromatic N) is 1. The summed E-state index contributed by atoms with van der Waals surface area (Å²) in [7, 11) is 0. The quantitative estimate of drug-likeness (QED) is 0.627. The Labute approximate surface area is 116 Å². The van der Waals surface area contributed by atoms with E-state index in [1.807, 2.05) is 6.92 Å². The lowest BCUT2D eigenvalue weighted by Gasteiger charge is -2.15. The van der Waals surface area contributed by atoms with Gasteiger partial charge in [0.15, 0.2) is 0 Å². The highest BCUT2D eigenvalue weighted by molar-refractivity contribution is 5.94. The van der Waals surface area contributed by atoms with Crippen LogP contribution in [-0.4, -0.2) is 30.1 Å². The van der Waals surface area contributed by atoms with Gasteiger partial charge in [0.25, 0.3) is 5.69 Å². The molecule has 1 fully saturated rings. The lowest BCUT2D eigenvalue weighted by Crippen LogP contribution is -2.21. The van der Waals surface area contributed by atoms with Gasteiger partial charge in [-0.15, -0.1) is 0 Å². The van der Waals surface area contributed by atoms with E-state index >= 15 is 0 Å². The Bertz CT molecular complexity index is 532. The second-order valence-electron chi connectivity index (χ2n) is 4.86. The number of ether oxygens (including phenoxy) is 1. The van der Waals surface area contributed by atoms with Crippen LogP contribution in [0.5, 0.6) is 0 Å². The number of primary amides is 1. The Hall–Kier alpha value is -2.15. The molecule has 20 heavy (non-hydrogen) atoms. The SMILES string of the molecule is CC1OCCC1CNc1ccc(C(N)=O)cc1[N+](=O)[O-]. The third-order valence-electron chi connectivity index (χ3n) is 3.57. The summed E-state index contributed by atoms with van der Waals surface area (Å²) in [6.07, 6.45) is 1.08. The van der Waals surface area contributed by atoms with Crippen LogP contribution in [0.4, 0.5) is 11.4 Å². The molecule has 1 amide bonds. The number of nitro benzene ring substituents is 1. The highest BCUT2D eigenvalue weighted by atomic mass is 16.6. The predicted octanol–water partition coefficient (Wildman–Crippen LogP) is 1.53. The van der Waals surface area contributed by atoms with Crippen LogP contribution in [0.1, 0.15) is 23.7 Å². The van der Waals surface area contributed by atoms with Gasteiger partial charge in [-0.25, -0.2) is 0 Å². The molecule has 1 aromatic rings. The number of rotatable bonds is 5. The average Bonchev–Trinajstić information content (AvgIpc) is 2.81. The molecule has 7 nitrogen and oxygen atoms in total. The number of carbonyl (C=O) groups excluding carboxylic acids is 1. The van der Waals surface area contributed by atoms with E-state index in [0.717, 1.165) is 13.0 Å². The first kappa shape index (κ1) is 14.3. The molecule has 1 aliphatic rings. The van der Waals surface area contributed by atoms with Gasteiger partial charge in [-0.2, -0.15) is 0 Å². The molecule has 1 saturated heterocycles. The van der Waals surface area contributed by atoms with Gasteiger partial charge in [-0.3, -0.25) is 14.9 Å². The van der Waals surface area contributed by atoms with E-state index in [1.54, 1.807) is 0 Å². The predicted molar refractivity (Wildman–Crippen MR) is 73.6 cm³/mol.